The number of aromatic nitrogens is 6. The molecule has 11 nitrogen and oxygen atoms in total. The Hall–Kier alpha value is -3.76. The highest BCUT2D eigenvalue weighted by atomic mass is 16.5. The standard InChI is InChI=1S/C22H30N8O3/c1-3-4-5-9-24-21-17(18(8-10-33-14-31)25-22(23)26-21)13-16-11-15(6-7-19(16)32-2)12-20-27-29-30-28-20/h6-7,11,14H,3-5,8-10,12-13H2,1-2H3,(H3,23,24,25,26)(H,27,28,29,30). The van der Waals surface area contributed by atoms with Gasteiger partial charge in [0.05, 0.1) is 19.4 Å². The molecule has 0 unspecified atom stereocenters. The third-order valence-electron chi connectivity index (χ3n) is 5.17. The topological polar surface area (TPSA) is 154 Å². The quantitative estimate of drug-likeness (QED) is 0.244. The number of hydrogen-bond donors (Lipinski definition) is 3. The number of rotatable bonds is 14. The number of unbranched alkanes of at least 4 members (excludes halogenated alkanes) is 2. The Morgan fingerprint density at radius 1 is 1.21 bits per heavy atom. The Bertz CT molecular complexity index is 1030. The summed E-state index contributed by atoms with van der Waals surface area (Å²) in [5, 5.41) is 17.6. The van der Waals surface area contributed by atoms with Crippen LogP contribution in [0.3, 0.4) is 0 Å². The molecule has 0 bridgehead atoms. The molecular weight excluding hydrogens is 424 g/mol. The highest BCUT2D eigenvalue weighted by Crippen LogP contribution is 2.28. The van der Waals surface area contributed by atoms with Crippen LogP contribution in [0.15, 0.2) is 18.2 Å². The highest BCUT2D eigenvalue weighted by molar-refractivity contribution is 5.54. The Labute approximate surface area is 192 Å². The number of aromatic amines is 1. The molecule has 33 heavy (non-hydrogen) atoms. The van der Waals surface area contributed by atoms with Crippen molar-refractivity contribution in [1.82, 2.24) is 30.6 Å². The molecule has 3 aromatic rings. The average Bonchev–Trinajstić information content (AvgIpc) is 3.32. The number of tetrazole rings is 1. The van der Waals surface area contributed by atoms with Crippen molar-refractivity contribution in [2.75, 3.05) is 31.3 Å². The van der Waals surface area contributed by atoms with E-state index in [1.54, 1.807) is 7.11 Å². The number of carbonyl (C=O) groups excluding carboxylic acids is 1. The maximum atomic E-state index is 10.6. The van der Waals surface area contributed by atoms with E-state index in [0.717, 1.165) is 53.9 Å². The fourth-order valence-electron chi connectivity index (χ4n) is 3.58. The summed E-state index contributed by atoms with van der Waals surface area (Å²) in [6, 6.07) is 5.95. The lowest BCUT2D eigenvalue weighted by Gasteiger charge is -2.17. The van der Waals surface area contributed by atoms with Crippen molar-refractivity contribution in [3.63, 3.8) is 0 Å². The Morgan fingerprint density at radius 3 is 2.82 bits per heavy atom. The monoisotopic (exact) mass is 454 g/mol. The lowest BCUT2D eigenvalue weighted by Crippen LogP contribution is -2.14. The molecule has 2 aromatic heterocycles. The first kappa shape index (κ1) is 23.9. The van der Waals surface area contributed by atoms with E-state index < -0.39 is 0 Å². The summed E-state index contributed by atoms with van der Waals surface area (Å²) < 4.78 is 10.5. The number of ether oxygens (including phenoxy) is 2. The summed E-state index contributed by atoms with van der Waals surface area (Å²) in [7, 11) is 1.64. The first-order valence-corrected chi connectivity index (χ1v) is 11.0. The number of benzene rings is 1. The third kappa shape index (κ3) is 6.86. The van der Waals surface area contributed by atoms with Crippen molar-refractivity contribution in [3.05, 3.63) is 46.4 Å². The molecule has 0 aliphatic carbocycles. The molecule has 0 fully saturated rings. The van der Waals surface area contributed by atoms with E-state index in [-0.39, 0.29) is 12.6 Å². The van der Waals surface area contributed by atoms with Gasteiger partial charge in [0.15, 0.2) is 5.82 Å². The molecular formula is C22H30N8O3. The predicted molar refractivity (Wildman–Crippen MR) is 123 cm³/mol. The zero-order valence-corrected chi connectivity index (χ0v) is 19.0. The molecule has 0 spiro atoms. The minimum atomic E-state index is 0.177. The summed E-state index contributed by atoms with van der Waals surface area (Å²) in [5.74, 6) is 2.21. The largest absolute Gasteiger partial charge is 0.496 e. The van der Waals surface area contributed by atoms with Crippen molar-refractivity contribution >= 4 is 18.2 Å². The molecule has 0 radical (unpaired) electrons. The fourth-order valence-corrected chi connectivity index (χ4v) is 3.58. The van der Waals surface area contributed by atoms with Gasteiger partial charge >= 0.3 is 0 Å². The molecule has 3 rings (SSSR count). The van der Waals surface area contributed by atoms with E-state index in [2.05, 4.69) is 48.9 Å². The maximum Gasteiger partial charge on any atom is 0.293 e. The van der Waals surface area contributed by atoms with Gasteiger partial charge in [0, 0.05) is 31.4 Å². The van der Waals surface area contributed by atoms with E-state index in [9.17, 15) is 4.79 Å². The molecule has 0 aliphatic heterocycles. The normalized spacial score (nSPS) is 10.7. The molecule has 4 N–H and O–H groups in total. The van der Waals surface area contributed by atoms with Crippen LogP contribution < -0.4 is 15.8 Å². The van der Waals surface area contributed by atoms with E-state index in [4.69, 9.17) is 15.2 Å². The lowest BCUT2D eigenvalue weighted by atomic mass is 9.98. The second-order valence-corrected chi connectivity index (χ2v) is 7.53. The molecule has 0 saturated heterocycles. The van der Waals surface area contributed by atoms with Crippen LogP contribution in [0.5, 0.6) is 5.75 Å². The van der Waals surface area contributed by atoms with E-state index in [0.29, 0.717) is 37.4 Å². The summed E-state index contributed by atoms with van der Waals surface area (Å²) >= 11 is 0. The summed E-state index contributed by atoms with van der Waals surface area (Å²) in [5.41, 5.74) is 9.60. The van der Waals surface area contributed by atoms with Gasteiger partial charge in [-0.3, -0.25) is 4.79 Å². The van der Waals surface area contributed by atoms with Gasteiger partial charge in [-0.25, -0.2) is 4.98 Å². The van der Waals surface area contributed by atoms with Crippen molar-refractivity contribution < 1.29 is 14.3 Å². The second-order valence-electron chi connectivity index (χ2n) is 7.53. The number of methoxy groups -OCH3 is 1. The molecule has 0 atom stereocenters. The Morgan fingerprint density at radius 2 is 2.09 bits per heavy atom. The number of nitrogens with one attached hydrogen (secondary N) is 2. The maximum absolute atomic E-state index is 10.6. The van der Waals surface area contributed by atoms with Crippen molar-refractivity contribution in [1.29, 1.82) is 0 Å². The van der Waals surface area contributed by atoms with Gasteiger partial charge in [0.1, 0.15) is 11.6 Å². The van der Waals surface area contributed by atoms with Crippen LogP contribution in [0, 0.1) is 0 Å². The van der Waals surface area contributed by atoms with Crippen LogP contribution in [0.25, 0.3) is 0 Å². The number of hydrogen-bond acceptors (Lipinski definition) is 10. The van der Waals surface area contributed by atoms with Gasteiger partial charge in [-0.05, 0) is 23.6 Å². The summed E-state index contributed by atoms with van der Waals surface area (Å²) in [4.78, 5) is 19.5. The van der Waals surface area contributed by atoms with Gasteiger partial charge in [0.2, 0.25) is 5.95 Å². The number of nitrogen functional groups attached to an aromatic ring is 1. The molecule has 2 heterocycles. The number of H-pyrrole nitrogens is 1. The molecule has 1 aromatic carbocycles. The fraction of sp³-hybridized carbons (Fsp3) is 0.455. The van der Waals surface area contributed by atoms with Gasteiger partial charge in [-0.2, -0.15) is 10.2 Å². The smallest absolute Gasteiger partial charge is 0.293 e. The first-order valence-electron chi connectivity index (χ1n) is 11.0. The number of nitrogens with zero attached hydrogens (tertiary/aromatic N) is 5. The van der Waals surface area contributed by atoms with Crippen LogP contribution in [0.1, 0.15) is 54.4 Å². The van der Waals surface area contributed by atoms with Gasteiger partial charge in [0.25, 0.3) is 6.47 Å². The Kier molecular flexibility index (Phi) is 8.92. The predicted octanol–water partition coefficient (Wildman–Crippen LogP) is 2.08. The van der Waals surface area contributed by atoms with Crippen LogP contribution in [0.4, 0.5) is 11.8 Å². The molecule has 0 saturated carbocycles. The van der Waals surface area contributed by atoms with Crippen LogP contribution in [-0.4, -0.2) is 57.3 Å². The van der Waals surface area contributed by atoms with Crippen molar-refractivity contribution in [2.45, 2.75) is 45.4 Å². The van der Waals surface area contributed by atoms with E-state index in [1.807, 2.05) is 12.1 Å². The van der Waals surface area contributed by atoms with Crippen LogP contribution >= 0.6 is 0 Å². The SMILES string of the molecule is CCCCCNc1nc(N)nc(CCOC=O)c1Cc1cc(Cc2nn[nH]n2)ccc1OC. The third-order valence-corrected chi connectivity index (χ3v) is 5.17. The van der Waals surface area contributed by atoms with E-state index >= 15 is 0 Å². The van der Waals surface area contributed by atoms with Gasteiger partial charge in [-0.1, -0.05) is 37.1 Å². The van der Waals surface area contributed by atoms with Crippen LogP contribution in [0.2, 0.25) is 0 Å². The van der Waals surface area contributed by atoms with Crippen molar-refractivity contribution in [3.8, 4) is 5.75 Å². The molecule has 0 amide bonds. The van der Waals surface area contributed by atoms with Gasteiger partial charge < -0.3 is 20.5 Å². The zero-order valence-electron chi connectivity index (χ0n) is 19.0. The van der Waals surface area contributed by atoms with Crippen LogP contribution in [-0.2, 0) is 28.8 Å². The molecule has 176 valence electrons. The average molecular weight is 455 g/mol. The second kappa shape index (κ2) is 12.3. The molecule has 11 heteroatoms. The number of anilines is 2. The minimum Gasteiger partial charge on any atom is -0.496 e. The number of carbonyl (C=O) groups is 1. The first-order chi connectivity index (χ1) is 16.1. The lowest BCUT2D eigenvalue weighted by molar-refractivity contribution is -0.128. The van der Waals surface area contributed by atoms with Crippen molar-refractivity contribution in [2.24, 2.45) is 0 Å². The highest BCUT2D eigenvalue weighted by Gasteiger charge is 2.17. The van der Waals surface area contributed by atoms with E-state index in [1.165, 1.54) is 0 Å². The number of nitrogens with two attached hydrogens (primary N) is 1. The minimum absolute atomic E-state index is 0.177. The summed E-state index contributed by atoms with van der Waals surface area (Å²) in [6.45, 7) is 3.57. The van der Waals surface area contributed by atoms with Gasteiger partial charge in [-0.15, -0.1) is 10.2 Å². The summed E-state index contributed by atoms with van der Waals surface area (Å²) in [6.07, 6.45) is 4.74. The zero-order chi connectivity index (χ0) is 23.5. The Balaban J connectivity index is 1.94. The molecule has 0 aliphatic rings.